The number of anilines is 1. The highest BCUT2D eigenvalue weighted by Gasteiger charge is 2.22. The van der Waals surface area contributed by atoms with Gasteiger partial charge < -0.3 is 10.1 Å². The Kier molecular flexibility index (Phi) is 6.18. The van der Waals surface area contributed by atoms with E-state index in [0.717, 1.165) is 0 Å². The Morgan fingerprint density at radius 2 is 1.93 bits per heavy atom. The van der Waals surface area contributed by atoms with Gasteiger partial charge in [0.1, 0.15) is 16.5 Å². The summed E-state index contributed by atoms with van der Waals surface area (Å²) in [5.74, 6) is -0.627. The number of carbonyl (C=O) groups excluding carboxylic acids is 1. The summed E-state index contributed by atoms with van der Waals surface area (Å²) in [4.78, 5) is 12.5. The largest absolute Gasteiger partial charge is 0.495 e. The maximum Gasteiger partial charge on any atom is 0.256 e. The van der Waals surface area contributed by atoms with E-state index in [-0.39, 0.29) is 28.1 Å². The summed E-state index contributed by atoms with van der Waals surface area (Å²) in [6.07, 6.45) is 0. The van der Waals surface area contributed by atoms with Crippen molar-refractivity contribution in [3.63, 3.8) is 0 Å². The minimum absolute atomic E-state index is 0.107. The number of hydrogen-bond donors (Lipinski definition) is 3. The monoisotopic (exact) mass is 432 g/mol. The van der Waals surface area contributed by atoms with Gasteiger partial charge in [0, 0.05) is 23.2 Å². The SMILES string of the molecule is COc1ccc(C(=O)Nc2cc(-c3cccc(F)c3)[nH]n2)cc1S(=O)(=O)NC(C)C. The average Bonchev–Trinajstić information content (AvgIpc) is 3.15. The van der Waals surface area contributed by atoms with Crippen LogP contribution in [0.3, 0.4) is 0 Å². The van der Waals surface area contributed by atoms with Gasteiger partial charge in [-0.1, -0.05) is 12.1 Å². The van der Waals surface area contributed by atoms with Crippen molar-refractivity contribution in [1.29, 1.82) is 0 Å². The third-order valence-corrected chi connectivity index (χ3v) is 5.74. The molecular weight excluding hydrogens is 411 g/mol. The van der Waals surface area contributed by atoms with Gasteiger partial charge in [-0.25, -0.2) is 17.5 Å². The zero-order chi connectivity index (χ0) is 21.9. The smallest absolute Gasteiger partial charge is 0.256 e. The van der Waals surface area contributed by atoms with E-state index in [1.54, 1.807) is 32.0 Å². The van der Waals surface area contributed by atoms with E-state index < -0.39 is 21.7 Å². The van der Waals surface area contributed by atoms with Gasteiger partial charge in [-0.3, -0.25) is 9.89 Å². The number of carbonyl (C=O) groups is 1. The molecule has 0 radical (unpaired) electrons. The van der Waals surface area contributed by atoms with Crippen molar-refractivity contribution in [2.24, 2.45) is 0 Å². The molecule has 10 heteroatoms. The number of methoxy groups -OCH3 is 1. The number of ether oxygens (including phenoxy) is 1. The van der Waals surface area contributed by atoms with Crippen molar-refractivity contribution >= 4 is 21.7 Å². The van der Waals surface area contributed by atoms with Crippen molar-refractivity contribution in [1.82, 2.24) is 14.9 Å². The zero-order valence-corrected chi connectivity index (χ0v) is 17.4. The topological polar surface area (TPSA) is 113 Å². The lowest BCUT2D eigenvalue weighted by Crippen LogP contribution is -2.30. The number of rotatable bonds is 7. The second-order valence-corrected chi connectivity index (χ2v) is 8.46. The molecule has 1 heterocycles. The van der Waals surface area contributed by atoms with Crippen LogP contribution in [0, 0.1) is 5.82 Å². The van der Waals surface area contributed by atoms with Gasteiger partial charge in [-0.15, -0.1) is 0 Å². The molecule has 8 nitrogen and oxygen atoms in total. The van der Waals surface area contributed by atoms with E-state index in [1.165, 1.54) is 37.4 Å². The minimum atomic E-state index is -3.88. The predicted molar refractivity (Wildman–Crippen MR) is 110 cm³/mol. The number of aromatic amines is 1. The van der Waals surface area contributed by atoms with Gasteiger partial charge in [0.15, 0.2) is 5.82 Å². The van der Waals surface area contributed by atoms with E-state index >= 15 is 0 Å². The summed E-state index contributed by atoms with van der Waals surface area (Å²) in [5.41, 5.74) is 1.19. The molecule has 0 saturated heterocycles. The Balaban J connectivity index is 1.85. The maximum atomic E-state index is 13.4. The lowest BCUT2D eigenvalue weighted by Gasteiger charge is -2.14. The fraction of sp³-hybridized carbons (Fsp3) is 0.200. The second-order valence-electron chi connectivity index (χ2n) is 6.77. The molecule has 1 amide bonds. The Morgan fingerprint density at radius 3 is 2.60 bits per heavy atom. The molecule has 3 aromatic rings. The van der Waals surface area contributed by atoms with Gasteiger partial charge >= 0.3 is 0 Å². The van der Waals surface area contributed by atoms with Crippen LogP contribution in [0.25, 0.3) is 11.3 Å². The molecular formula is C20H21FN4O4S. The van der Waals surface area contributed by atoms with Crippen molar-refractivity contribution in [2.45, 2.75) is 24.8 Å². The van der Waals surface area contributed by atoms with Crippen LogP contribution in [0.2, 0.25) is 0 Å². The van der Waals surface area contributed by atoms with Crippen LogP contribution in [-0.2, 0) is 10.0 Å². The first-order valence-electron chi connectivity index (χ1n) is 9.02. The Morgan fingerprint density at radius 1 is 1.17 bits per heavy atom. The highest BCUT2D eigenvalue weighted by molar-refractivity contribution is 7.89. The number of benzene rings is 2. The van der Waals surface area contributed by atoms with Crippen molar-refractivity contribution in [3.8, 4) is 17.0 Å². The predicted octanol–water partition coefficient (Wildman–Crippen LogP) is 3.16. The van der Waals surface area contributed by atoms with E-state index in [1.807, 2.05) is 0 Å². The first-order valence-corrected chi connectivity index (χ1v) is 10.5. The van der Waals surface area contributed by atoms with Gasteiger partial charge in [0.2, 0.25) is 10.0 Å². The lowest BCUT2D eigenvalue weighted by molar-refractivity contribution is 0.102. The standard InChI is InChI=1S/C20H21FN4O4S/c1-12(2)25-30(27,28)18-10-14(7-8-17(18)29-3)20(26)22-19-11-16(23-24-19)13-5-4-6-15(21)9-13/h4-12,25H,1-3H3,(H2,22,23,24,26). The van der Waals surface area contributed by atoms with Gasteiger partial charge in [-0.2, -0.15) is 5.10 Å². The Hall–Kier alpha value is -3.24. The maximum absolute atomic E-state index is 13.4. The lowest BCUT2D eigenvalue weighted by atomic mass is 10.1. The molecule has 3 N–H and O–H groups in total. The number of nitrogens with zero attached hydrogens (tertiary/aromatic N) is 1. The van der Waals surface area contributed by atoms with Crippen LogP contribution < -0.4 is 14.8 Å². The summed E-state index contributed by atoms with van der Waals surface area (Å²) in [6.45, 7) is 3.38. The second kappa shape index (κ2) is 8.64. The van der Waals surface area contributed by atoms with E-state index in [4.69, 9.17) is 4.74 Å². The summed E-state index contributed by atoms with van der Waals surface area (Å²) < 4.78 is 46.1. The van der Waals surface area contributed by atoms with Crippen LogP contribution >= 0.6 is 0 Å². The third kappa shape index (κ3) is 4.84. The molecule has 0 aliphatic heterocycles. The van der Waals surface area contributed by atoms with Gasteiger partial charge in [0.25, 0.3) is 5.91 Å². The van der Waals surface area contributed by atoms with Gasteiger partial charge in [0.05, 0.1) is 12.8 Å². The number of amides is 1. The summed E-state index contributed by atoms with van der Waals surface area (Å²) in [5, 5.41) is 9.31. The molecule has 158 valence electrons. The van der Waals surface area contributed by atoms with Crippen molar-refractivity contribution < 1.29 is 22.3 Å². The molecule has 0 aliphatic rings. The summed E-state index contributed by atoms with van der Waals surface area (Å²) in [7, 11) is -2.53. The normalized spacial score (nSPS) is 11.5. The molecule has 0 spiro atoms. The molecule has 0 bridgehead atoms. The molecule has 3 rings (SSSR count). The molecule has 0 aliphatic carbocycles. The van der Waals surface area contributed by atoms with Crippen molar-refractivity contribution in [3.05, 3.63) is 59.9 Å². The number of halogens is 1. The zero-order valence-electron chi connectivity index (χ0n) is 16.6. The molecule has 30 heavy (non-hydrogen) atoms. The molecule has 0 atom stereocenters. The molecule has 0 saturated carbocycles. The Bertz CT molecular complexity index is 1180. The quantitative estimate of drug-likeness (QED) is 0.531. The summed E-state index contributed by atoms with van der Waals surface area (Å²) >= 11 is 0. The number of nitrogens with one attached hydrogen (secondary N) is 3. The molecule has 0 fully saturated rings. The van der Waals surface area contributed by atoms with E-state index in [0.29, 0.717) is 11.3 Å². The summed E-state index contributed by atoms with van der Waals surface area (Å²) in [6, 6.07) is 11.2. The highest BCUT2D eigenvalue weighted by atomic mass is 32.2. The number of sulfonamides is 1. The average molecular weight is 432 g/mol. The number of H-pyrrole nitrogens is 1. The molecule has 0 unspecified atom stereocenters. The highest BCUT2D eigenvalue weighted by Crippen LogP contribution is 2.26. The number of aromatic nitrogens is 2. The van der Waals surface area contributed by atoms with Crippen LogP contribution in [0.5, 0.6) is 5.75 Å². The minimum Gasteiger partial charge on any atom is -0.495 e. The first-order chi connectivity index (χ1) is 14.2. The van der Waals surface area contributed by atoms with Crippen LogP contribution in [0.1, 0.15) is 24.2 Å². The van der Waals surface area contributed by atoms with E-state index in [9.17, 15) is 17.6 Å². The van der Waals surface area contributed by atoms with Crippen LogP contribution in [-0.4, -0.2) is 37.7 Å². The van der Waals surface area contributed by atoms with E-state index in [2.05, 4.69) is 20.2 Å². The number of hydrogen-bond acceptors (Lipinski definition) is 5. The molecule has 1 aromatic heterocycles. The fourth-order valence-electron chi connectivity index (χ4n) is 2.78. The van der Waals surface area contributed by atoms with Crippen LogP contribution in [0.4, 0.5) is 10.2 Å². The van der Waals surface area contributed by atoms with Gasteiger partial charge in [-0.05, 0) is 44.2 Å². The van der Waals surface area contributed by atoms with Crippen molar-refractivity contribution in [2.75, 3.05) is 12.4 Å². The third-order valence-electron chi connectivity index (χ3n) is 4.06. The molecule has 2 aromatic carbocycles. The first kappa shape index (κ1) is 21.5. The Labute approximate surface area is 173 Å². The fourth-order valence-corrected chi connectivity index (χ4v) is 4.23. The van der Waals surface area contributed by atoms with Crippen LogP contribution in [0.15, 0.2) is 53.4 Å².